The molecule has 7 heteroatoms. The number of amides is 1. The SMILES string of the molecule is CN(C)CCN(C(=O)C1CCCC1)c1nc2ccc(Cl)cc2s1.Cl. The predicted octanol–water partition coefficient (Wildman–Crippen LogP) is 4.46. The molecule has 1 fully saturated rings. The molecular weight excluding hydrogens is 365 g/mol. The molecule has 1 aliphatic carbocycles. The van der Waals surface area contributed by atoms with Gasteiger partial charge in [0, 0.05) is 24.0 Å². The van der Waals surface area contributed by atoms with Gasteiger partial charge in [0.15, 0.2) is 5.13 Å². The number of thiazole rings is 1. The van der Waals surface area contributed by atoms with Crippen molar-refractivity contribution in [3.05, 3.63) is 23.2 Å². The van der Waals surface area contributed by atoms with Crippen molar-refractivity contribution >= 4 is 56.6 Å². The summed E-state index contributed by atoms with van der Waals surface area (Å²) in [7, 11) is 4.05. The van der Waals surface area contributed by atoms with Crippen molar-refractivity contribution in [2.45, 2.75) is 25.7 Å². The number of likely N-dealkylation sites (N-methyl/N-ethyl adjacent to an activating group) is 1. The topological polar surface area (TPSA) is 36.4 Å². The van der Waals surface area contributed by atoms with E-state index in [-0.39, 0.29) is 24.2 Å². The molecule has 1 aliphatic rings. The quantitative estimate of drug-likeness (QED) is 0.759. The Kier molecular flexibility index (Phi) is 6.87. The summed E-state index contributed by atoms with van der Waals surface area (Å²) in [6.07, 6.45) is 4.34. The Morgan fingerprint density at radius 3 is 2.67 bits per heavy atom. The van der Waals surface area contributed by atoms with Gasteiger partial charge in [0.25, 0.3) is 0 Å². The number of fused-ring (bicyclic) bond motifs is 1. The van der Waals surface area contributed by atoms with E-state index in [1.54, 1.807) is 11.3 Å². The summed E-state index contributed by atoms with van der Waals surface area (Å²) in [5, 5.41) is 1.50. The zero-order valence-electron chi connectivity index (χ0n) is 14.0. The van der Waals surface area contributed by atoms with Crippen LogP contribution in [0.25, 0.3) is 10.2 Å². The van der Waals surface area contributed by atoms with Crippen molar-refractivity contribution in [1.82, 2.24) is 9.88 Å². The van der Waals surface area contributed by atoms with E-state index in [0.717, 1.165) is 47.6 Å². The minimum atomic E-state index is 0. The van der Waals surface area contributed by atoms with Gasteiger partial charge in [-0.2, -0.15) is 0 Å². The van der Waals surface area contributed by atoms with Crippen LogP contribution in [-0.2, 0) is 4.79 Å². The smallest absolute Gasteiger partial charge is 0.231 e. The van der Waals surface area contributed by atoms with E-state index in [1.165, 1.54) is 0 Å². The number of halogens is 2. The van der Waals surface area contributed by atoms with Gasteiger partial charge in [0.2, 0.25) is 5.91 Å². The van der Waals surface area contributed by atoms with Crippen LogP contribution in [-0.4, -0.2) is 43.0 Å². The molecule has 1 aromatic heterocycles. The molecule has 132 valence electrons. The Labute approximate surface area is 158 Å². The highest BCUT2D eigenvalue weighted by atomic mass is 35.5. The van der Waals surface area contributed by atoms with E-state index in [4.69, 9.17) is 11.6 Å². The van der Waals surface area contributed by atoms with Gasteiger partial charge in [0.05, 0.1) is 10.2 Å². The first-order valence-electron chi connectivity index (χ1n) is 8.07. The second kappa shape index (κ2) is 8.48. The number of nitrogens with zero attached hydrogens (tertiary/aromatic N) is 3. The average Bonchev–Trinajstić information content (AvgIpc) is 3.15. The molecule has 0 saturated heterocycles. The van der Waals surface area contributed by atoms with Gasteiger partial charge in [-0.1, -0.05) is 35.8 Å². The Morgan fingerprint density at radius 2 is 2.00 bits per heavy atom. The van der Waals surface area contributed by atoms with Gasteiger partial charge < -0.3 is 4.90 Å². The lowest BCUT2D eigenvalue weighted by molar-refractivity contribution is -0.122. The molecule has 2 aromatic rings. The maximum absolute atomic E-state index is 13.0. The molecule has 0 aliphatic heterocycles. The van der Waals surface area contributed by atoms with Gasteiger partial charge in [-0.05, 0) is 45.1 Å². The van der Waals surface area contributed by atoms with Crippen molar-refractivity contribution in [3.63, 3.8) is 0 Å². The van der Waals surface area contributed by atoms with Crippen LogP contribution in [0.15, 0.2) is 18.2 Å². The van der Waals surface area contributed by atoms with E-state index in [9.17, 15) is 4.79 Å². The fraction of sp³-hybridized carbons (Fsp3) is 0.529. The van der Waals surface area contributed by atoms with Crippen molar-refractivity contribution in [2.75, 3.05) is 32.1 Å². The van der Waals surface area contributed by atoms with Crippen molar-refractivity contribution in [2.24, 2.45) is 5.92 Å². The third kappa shape index (κ3) is 4.39. The molecule has 0 bridgehead atoms. The van der Waals surface area contributed by atoms with Crippen molar-refractivity contribution < 1.29 is 4.79 Å². The third-order valence-electron chi connectivity index (χ3n) is 4.31. The summed E-state index contributed by atoms with van der Waals surface area (Å²) in [5.74, 6) is 0.391. The first-order valence-corrected chi connectivity index (χ1v) is 9.26. The third-order valence-corrected chi connectivity index (χ3v) is 5.59. The molecule has 0 unspecified atom stereocenters. The number of hydrogen-bond acceptors (Lipinski definition) is 4. The number of aromatic nitrogens is 1. The molecule has 0 N–H and O–H groups in total. The minimum absolute atomic E-state index is 0. The van der Waals surface area contributed by atoms with Gasteiger partial charge >= 0.3 is 0 Å². The summed E-state index contributed by atoms with van der Waals surface area (Å²) in [6.45, 7) is 1.50. The Balaban J connectivity index is 0.00000208. The molecule has 1 amide bonds. The van der Waals surface area contributed by atoms with Gasteiger partial charge in [-0.25, -0.2) is 4.98 Å². The Morgan fingerprint density at radius 1 is 1.29 bits per heavy atom. The van der Waals surface area contributed by atoms with E-state index in [1.807, 2.05) is 37.2 Å². The maximum atomic E-state index is 13.0. The van der Waals surface area contributed by atoms with Crippen LogP contribution in [0.1, 0.15) is 25.7 Å². The van der Waals surface area contributed by atoms with Crippen LogP contribution in [0, 0.1) is 5.92 Å². The van der Waals surface area contributed by atoms with E-state index < -0.39 is 0 Å². The van der Waals surface area contributed by atoms with Crippen LogP contribution in [0.3, 0.4) is 0 Å². The standard InChI is InChI=1S/C17H22ClN3OS.ClH/c1-20(2)9-10-21(16(22)12-5-3-4-6-12)17-19-14-8-7-13(18)11-15(14)23-17;/h7-8,11-12H,3-6,9-10H2,1-2H3;1H. The number of hydrogen-bond donors (Lipinski definition) is 0. The highest BCUT2D eigenvalue weighted by Gasteiger charge is 2.29. The molecular formula is C17H23Cl2N3OS. The summed E-state index contributed by atoms with van der Waals surface area (Å²) in [4.78, 5) is 21.6. The van der Waals surface area contributed by atoms with Crippen molar-refractivity contribution in [3.8, 4) is 0 Å². The second-order valence-electron chi connectivity index (χ2n) is 6.38. The lowest BCUT2D eigenvalue weighted by Crippen LogP contribution is -2.39. The number of carbonyl (C=O) groups excluding carboxylic acids is 1. The van der Waals surface area contributed by atoms with Gasteiger partial charge in [-0.3, -0.25) is 9.69 Å². The molecule has 24 heavy (non-hydrogen) atoms. The van der Waals surface area contributed by atoms with E-state index >= 15 is 0 Å². The highest BCUT2D eigenvalue weighted by Crippen LogP contribution is 2.33. The monoisotopic (exact) mass is 387 g/mol. The first-order chi connectivity index (χ1) is 11.0. The highest BCUT2D eigenvalue weighted by molar-refractivity contribution is 7.22. The molecule has 4 nitrogen and oxygen atoms in total. The summed E-state index contributed by atoms with van der Waals surface area (Å²) < 4.78 is 1.03. The number of anilines is 1. The Bertz CT molecular complexity index is 698. The Hall–Kier alpha value is -0.880. The molecule has 1 saturated carbocycles. The fourth-order valence-corrected chi connectivity index (χ4v) is 4.27. The van der Waals surface area contributed by atoms with Gasteiger partial charge in [0.1, 0.15) is 0 Å². The largest absolute Gasteiger partial charge is 0.308 e. The number of rotatable bonds is 5. The normalized spacial score (nSPS) is 15.0. The lowest BCUT2D eigenvalue weighted by atomic mass is 10.1. The van der Waals surface area contributed by atoms with Crippen molar-refractivity contribution in [1.29, 1.82) is 0 Å². The first kappa shape index (κ1) is 19.4. The number of benzene rings is 1. The zero-order valence-corrected chi connectivity index (χ0v) is 16.4. The van der Waals surface area contributed by atoms with Crippen LogP contribution >= 0.6 is 35.3 Å². The summed E-state index contributed by atoms with van der Waals surface area (Å²) in [6, 6.07) is 5.68. The molecule has 1 heterocycles. The summed E-state index contributed by atoms with van der Waals surface area (Å²) >= 11 is 7.62. The minimum Gasteiger partial charge on any atom is -0.308 e. The number of carbonyl (C=O) groups is 1. The van der Waals surface area contributed by atoms with E-state index in [0.29, 0.717) is 11.6 Å². The lowest BCUT2D eigenvalue weighted by Gasteiger charge is -2.24. The molecule has 0 radical (unpaired) electrons. The van der Waals surface area contributed by atoms with E-state index in [2.05, 4.69) is 9.88 Å². The molecule has 0 atom stereocenters. The predicted molar refractivity (Wildman–Crippen MR) is 105 cm³/mol. The zero-order chi connectivity index (χ0) is 16.4. The van der Waals surface area contributed by atoms with Gasteiger partial charge in [-0.15, -0.1) is 12.4 Å². The van der Waals surface area contributed by atoms with Crippen LogP contribution < -0.4 is 4.90 Å². The van der Waals surface area contributed by atoms with Crippen LogP contribution in [0.5, 0.6) is 0 Å². The fourth-order valence-electron chi connectivity index (χ4n) is 2.99. The maximum Gasteiger partial charge on any atom is 0.231 e. The molecule has 1 aromatic carbocycles. The molecule has 3 rings (SSSR count). The summed E-state index contributed by atoms with van der Waals surface area (Å²) in [5.41, 5.74) is 0.906. The second-order valence-corrected chi connectivity index (χ2v) is 7.83. The molecule has 0 spiro atoms. The van der Waals surface area contributed by atoms with Crippen LogP contribution in [0.2, 0.25) is 5.02 Å². The average molecular weight is 388 g/mol. The van der Waals surface area contributed by atoms with Crippen LogP contribution in [0.4, 0.5) is 5.13 Å².